The van der Waals surface area contributed by atoms with Crippen molar-refractivity contribution in [2.45, 2.75) is 18.9 Å². The number of phenols is 1. The number of rotatable bonds is 6. The van der Waals surface area contributed by atoms with E-state index in [4.69, 9.17) is 20.7 Å². The Morgan fingerprint density at radius 3 is 2.47 bits per heavy atom. The van der Waals surface area contributed by atoms with Gasteiger partial charge in [0.05, 0.1) is 12.7 Å². The second-order valence-corrected chi connectivity index (χ2v) is 3.96. The minimum absolute atomic E-state index is 0.0133. The Kier molecular flexibility index (Phi) is 4.71. The maximum Gasteiger partial charge on any atom is 0.335 e. The van der Waals surface area contributed by atoms with Crippen molar-refractivity contribution < 1.29 is 29.6 Å². The zero-order valence-electron chi connectivity index (χ0n) is 10.3. The molecule has 0 aromatic heterocycles. The molecule has 7 heteroatoms. The summed E-state index contributed by atoms with van der Waals surface area (Å²) in [5, 5.41) is 27.4. The van der Waals surface area contributed by atoms with E-state index >= 15 is 0 Å². The summed E-state index contributed by atoms with van der Waals surface area (Å²) in [4.78, 5) is 21.4. The van der Waals surface area contributed by atoms with Gasteiger partial charge in [0.15, 0.2) is 11.5 Å². The number of hydrogen-bond acceptors (Lipinski definition) is 5. The lowest BCUT2D eigenvalue weighted by atomic mass is 9.99. The standard InChI is InChI=1S/C12H15NO6/c1-19-9-5-6(12(17)18)4-7(11(9)16)8(13)2-3-10(14)15/h4-5,8,16H,2-3,13H2,1H3,(H,14,15)(H,17,18). The maximum atomic E-state index is 10.9. The fourth-order valence-corrected chi connectivity index (χ4v) is 1.63. The van der Waals surface area contributed by atoms with Crippen molar-refractivity contribution in [3.63, 3.8) is 0 Å². The Morgan fingerprint density at radius 2 is 2.00 bits per heavy atom. The van der Waals surface area contributed by atoms with Crippen LogP contribution in [0.4, 0.5) is 0 Å². The molecule has 1 aromatic carbocycles. The summed E-state index contributed by atoms with van der Waals surface area (Å²) in [6, 6.07) is 1.60. The van der Waals surface area contributed by atoms with Crippen LogP contribution >= 0.6 is 0 Å². The molecule has 0 heterocycles. The first kappa shape index (κ1) is 14.8. The third kappa shape index (κ3) is 3.59. The van der Waals surface area contributed by atoms with Gasteiger partial charge in [-0.1, -0.05) is 0 Å². The highest BCUT2D eigenvalue weighted by Gasteiger charge is 2.19. The number of phenolic OH excluding ortho intramolecular Hbond substituents is 1. The summed E-state index contributed by atoms with van der Waals surface area (Å²) in [6.45, 7) is 0. The van der Waals surface area contributed by atoms with Crippen LogP contribution in [0.2, 0.25) is 0 Å². The van der Waals surface area contributed by atoms with E-state index < -0.39 is 18.0 Å². The molecule has 0 bridgehead atoms. The lowest BCUT2D eigenvalue weighted by Crippen LogP contribution is -2.14. The van der Waals surface area contributed by atoms with Gasteiger partial charge in [0.1, 0.15) is 0 Å². The van der Waals surface area contributed by atoms with Crippen LogP contribution in [0.25, 0.3) is 0 Å². The molecule has 1 aromatic rings. The van der Waals surface area contributed by atoms with Crippen molar-refractivity contribution in [3.05, 3.63) is 23.3 Å². The average Bonchev–Trinajstić information content (AvgIpc) is 2.35. The van der Waals surface area contributed by atoms with Gasteiger partial charge in [0.25, 0.3) is 0 Å². The summed E-state index contributed by atoms with van der Waals surface area (Å²) < 4.78 is 4.87. The first-order chi connectivity index (χ1) is 8.86. The topological polar surface area (TPSA) is 130 Å². The van der Waals surface area contributed by atoms with Crippen LogP contribution in [-0.2, 0) is 4.79 Å². The number of aromatic carboxylic acids is 1. The van der Waals surface area contributed by atoms with Crippen molar-refractivity contribution in [1.82, 2.24) is 0 Å². The van der Waals surface area contributed by atoms with Gasteiger partial charge >= 0.3 is 11.9 Å². The number of carboxylic acid groups (broad SMARTS) is 2. The summed E-state index contributed by atoms with van der Waals surface area (Å²) in [7, 11) is 1.28. The first-order valence-electron chi connectivity index (χ1n) is 5.48. The van der Waals surface area contributed by atoms with Crippen LogP contribution in [-0.4, -0.2) is 34.4 Å². The molecule has 5 N–H and O–H groups in total. The van der Waals surface area contributed by atoms with E-state index in [2.05, 4.69) is 0 Å². The molecular weight excluding hydrogens is 254 g/mol. The molecule has 0 amide bonds. The van der Waals surface area contributed by atoms with Crippen LogP contribution in [0.15, 0.2) is 12.1 Å². The van der Waals surface area contributed by atoms with Crippen molar-refractivity contribution >= 4 is 11.9 Å². The average molecular weight is 269 g/mol. The number of aliphatic carboxylic acids is 1. The Morgan fingerprint density at radius 1 is 1.37 bits per heavy atom. The van der Waals surface area contributed by atoms with Gasteiger partial charge in [-0.05, 0) is 18.6 Å². The molecule has 0 spiro atoms. The number of benzene rings is 1. The summed E-state index contributed by atoms with van der Waals surface area (Å²) in [5.74, 6) is -2.49. The maximum absolute atomic E-state index is 10.9. The molecule has 1 unspecified atom stereocenters. The van der Waals surface area contributed by atoms with Crippen molar-refractivity contribution in [1.29, 1.82) is 0 Å². The van der Waals surface area contributed by atoms with Gasteiger partial charge in [0, 0.05) is 18.0 Å². The number of nitrogens with two attached hydrogens (primary N) is 1. The second kappa shape index (κ2) is 6.05. The third-order valence-electron chi connectivity index (χ3n) is 2.64. The van der Waals surface area contributed by atoms with E-state index in [-0.39, 0.29) is 35.5 Å². The number of aromatic hydroxyl groups is 1. The summed E-state index contributed by atoms with van der Waals surface area (Å²) in [5.41, 5.74) is 5.83. The van der Waals surface area contributed by atoms with E-state index in [9.17, 15) is 14.7 Å². The lowest BCUT2D eigenvalue weighted by molar-refractivity contribution is -0.137. The normalized spacial score (nSPS) is 11.9. The van der Waals surface area contributed by atoms with Gasteiger partial charge in [0.2, 0.25) is 0 Å². The minimum atomic E-state index is -1.19. The molecule has 0 aliphatic carbocycles. The fraction of sp³-hybridized carbons (Fsp3) is 0.333. The molecule has 104 valence electrons. The quantitative estimate of drug-likeness (QED) is 0.605. The van der Waals surface area contributed by atoms with E-state index in [1.54, 1.807) is 0 Å². The van der Waals surface area contributed by atoms with Gasteiger partial charge in [-0.25, -0.2) is 4.79 Å². The van der Waals surface area contributed by atoms with Crippen LogP contribution in [0.5, 0.6) is 11.5 Å². The SMILES string of the molecule is COc1cc(C(=O)O)cc(C(N)CCC(=O)O)c1O. The highest BCUT2D eigenvalue weighted by molar-refractivity contribution is 5.89. The third-order valence-corrected chi connectivity index (χ3v) is 2.64. The monoisotopic (exact) mass is 269 g/mol. The minimum Gasteiger partial charge on any atom is -0.504 e. The lowest BCUT2D eigenvalue weighted by Gasteiger charge is -2.15. The second-order valence-electron chi connectivity index (χ2n) is 3.96. The molecule has 7 nitrogen and oxygen atoms in total. The number of carbonyl (C=O) groups is 2. The van der Waals surface area contributed by atoms with E-state index in [1.165, 1.54) is 19.2 Å². The molecule has 0 saturated carbocycles. The predicted molar refractivity (Wildman–Crippen MR) is 65.4 cm³/mol. The highest BCUT2D eigenvalue weighted by Crippen LogP contribution is 2.35. The van der Waals surface area contributed by atoms with E-state index in [1.807, 2.05) is 0 Å². The van der Waals surface area contributed by atoms with Gasteiger partial charge < -0.3 is 25.8 Å². The molecule has 0 fully saturated rings. The van der Waals surface area contributed by atoms with Gasteiger partial charge in [-0.3, -0.25) is 4.79 Å². The number of methoxy groups -OCH3 is 1. The van der Waals surface area contributed by atoms with Crippen molar-refractivity contribution in [2.24, 2.45) is 5.73 Å². The molecule has 0 aliphatic heterocycles. The molecular formula is C12H15NO6. The van der Waals surface area contributed by atoms with Crippen LogP contribution in [0.1, 0.15) is 34.8 Å². The van der Waals surface area contributed by atoms with E-state index in [0.717, 1.165) is 0 Å². The van der Waals surface area contributed by atoms with Crippen LogP contribution in [0, 0.1) is 0 Å². The zero-order chi connectivity index (χ0) is 14.6. The predicted octanol–water partition coefficient (Wildman–Crippen LogP) is 0.964. The van der Waals surface area contributed by atoms with Gasteiger partial charge in [-0.2, -0.15) is 0 Å². The van der Waals surface area contributed by atoms with Crippen molar-refractivity contribution in [2.75, 3.05) is 7.11 Å². The Bertz CT molecular complexity index is 499. The number of hydrogen-bond donors (Lipinski definition) is 4. The molecule has 1 rings (SSSR count). The molecule has 0 aliphatic rings. The Balaban J connectivity index is 3.13. The van der Waals surface area contributed by atoms with Gasteiger partial charge in [-0.15, -0.1) is 0 Å². The first-order valence-corrected chi connectivity index (χ1v) is 5.48. The van der Waals surface area contributed by atoms with Crippen LogP contribution < -0.4 is 10.5 Å². The molecule has 19 heavy (non-hydrogen) atoms. The number of carboxylic acids is 2. The van der Waals surface area contributed by atoms with E-state index in [0.29, 0.717) is 0 Å². The molecule has 1 atom stereocenters. The zero-order valence-corrected chi connectivity index (χ0v) is 10.3. The Labute approximate surface area is 109 Å². The highest BCUT2D eigenvalue weighted by atomic mass is 16.5. The largest absolute Gasteiger partial charge is 0.504 e. The molecule has 0 radical (unpaired) electrons. The summed E-state index contributed by atoms with van der Waals surface area (Å²) in [6.07, 6.45) is -0.102. The Hall–Kier alpha value is -2.28. The fourth-order valence-electron chi connectivity index (χ4n) is 1.63. The number of ether oxygens (including phenoxy) is 1. The molecule has 0 saturated heterocycles. The van der Waals surface area contributed by atoms with Crippen LogP contribution in [0.3, 0.4) is 0 Å². The van der Waals surface area contributed by atoms with Crippen molar-refractivity contribution in [3.8, 4) is 11.5 Å². The smallest absolute Gasteiger partial charge is 0.335 e. The summed E-state index contributed by atoms with van der Waals surface area (Å²) >= 11 is 0.